The van der Waals surface area contributed by atoms with Crippen LogP contribution >= 0.6 is 11.3 Å². The lowest BCUT2D eigenvalue weighted by Gasteiger charge is -2.30. The molecular formula is C32H41NO6S. The normalized spacial score (nSPS) is 13.6. The van der Waals surface area contributed by atoms with Crippen molar-refractivity contribution in [1.29, 1.82) is 0 Å². The number of rotatable bonds is 13. The Balaban J connectivity index is 1.70. The van der Waals surface area contributed by atoms with Crippen LogP contribution in [0.3, 0.4) is 0 Å². The smallest absolute Gasteiger partial charge is 0.432 e. The van der Waals surface area contributed by atoms with E-state index in [0.29, 0.717) is 31.4 Å². The third-order valence-corrected chi connectivity index (χ3v) is 8.79. The van der Waals surface area contributed by atoms with Crippen LogP contribution in [0.1, 0.15) is 99.2 Å². The maximum atomic E-state index is 13.5. The number of ether oxygens (including phenoxy) is 1. The molecule has 3 aromatic rings. The van der Waals surface area contributed by atoms with Gasteiger partial charge in [0.1, 0.15) is 17.1 Å². The first-order chi connectivity index (χ1) is 19.0. The van der Waals surface area contributed by atoms with Crippen molar-refractivity contribution in [3.05, 3.63) is 62.5 Å². The summed E-state index contributed by atoms with van der Waals surface area (Å²) in [4.78, 5) is 42.2. The zero-order valence-corrected chi connectivity index (χ0v) is 25.2. The van der Waals surface area contributed by atoms with E-state index in [9.17, 15) is 19.5 Å². The molecule has 8 heteroatoms. The number of thiophene rings is 1. The molecule has 0 saturated carbocycles. The predicted octanol–water partition coefficient (Wildman–Crippen LogP) is 8.10. The van der Waals surface area contributed by atoms with Crippen molar-refractivity contribution >= 4 is 39.5 Å². The number of Topliss-reactive ketones (excluding diaryl/α,β-unsaturated/α-hetero) is 1. The van der Waals surface area contributed by atoms with E-state index in [4.69, 9.17) is 4.42 Å². The number of aliphatic imine (C=N–C) groups is 1. The van der Waals surface area contributed by atoms with Crippen LogP contribution in [0.15, 0.2) is 44.5 Å². The summed E-state index contributed by atoms with van der Waals surface area (Å²) in [5, 5.41) is 11.9. The Labute approximate surface area is 240 Å². The number of benzene rings is 1. The average molecular weight is 568 g/mol. The van der Waals surface area contributed by atoms with E-state index in [1.54, 1.807) is 11.3 Å². The number of carbonyl (C=O) groups excluding carboxylic acids is 2. The van der Waals surface area contributed by atoms with Crippen LogP contribution in [0.4, 0.5) is 4.79 Å². The minimum absolute atomic E-state index is 0.168. The van der Waals surface area contributed by atoms with Crippen LogP contribution in [0, 0.1) is 11.3 Å². The van der Waals surface area contributed by atoms with E-state index in [1.807, 2.05) is 27.7 Å². The van der Waals surface area contributed by atoms with Crippen molar-refractivity contribution in [1.82, 2.24) is 0 Å². The minimum atomic E-state index is -0.816. The Morgan fingerprint density at radius 2 is 1.93 bits per heavy atom. The van der Waals surface area contributed by atoms with E-state index < -0.39 is 28.8 Å². The highest BCUT2D eigenvalue weighted by Crippen LogP contribution is 2.38. The first kappa shape index (κ1) is 31.3. The van der Waals surface area contributed by atoms with E-state index in [0.717, 1.165) is 12.8 Å². The van der Waals surface area contributed by atoms with Crippen molar-refractivity contribution < 1.29 is 23.8 Å². The van der Waals surface area contributed by atoms with Gasteiger partial charge in [-0.15, -0.1) is 11.3 Å². The second kappa shape index (κ2) is 13.9. The topological polar surface area (TPSA) is 106 Å². The van der Waals surface area contributed by atoms with Crippen LogP contribution in [0.2, 0.25) is 0 Å². The van der Waals surface area contributed by atoms with Gasteiger partial charge in [-0.25, -0.2) is 9.59 Å². The summed E-state index contributed by atoms with van der Waals surface area (Å²) in [6.45, 7) is 9.92. The highest BCUT2D eigenvalue weighted by atomic mass is 32.1. The maximum absolute atomic E-state index is 13.5. The van der Waals surface area contributed by atoms with E-state index in [2.05, 4.69) is 40.9 Å². The molecule has 2 aromatic heterocycles. The van der Waals surface area contributed by atoms with Gasteiger partial charge in [0, 0.05) is 33.7 Å². The molecule has 0 bridgehead atoms. The molecule has 2 heterocycles. The molecule has 2 unspecified atom stereocenters. The van der Waals surface area contributed by atoms with Crippen LogP contribution in [0.25, 0.3) is 10.1 Å². The van der Waals surface area contributed by atoms with Gasteiger partial charge in [-0.3, -0.25) is 4.79 Å². The number of aromatic hydroxyl groups is 1. The molecule has 7 nitrogen and oxygen atoms in total. The van der Waals surface area contributed by atoms with Crippen molar-refractivity contribution in [2.24, 2.45) is 16.3 Å². The Bertz CT molecular complexity index is 1420. The lowest BCUT2D eigenvalue weighted by Crippen LogP contribution is -2.33. The van der Waals surface area contributed by atoms with E-state index >= 15 is 0 Å². The Kier molecular flexibility index (Phi) is 10.9. The number of fused-ring (bicyclic) bond motifs is 1. The van der Waals surface area contributed by atoms with Gasteiger partial charge < -0.3 is 14.3 Å². The summed E-state index contributed by atoms with van der Waals surface area (Å²) in [6, 6.07) is 10.2. The molecule has 0 radical (unpaired) electrons. The largest absolute Gasteiger partial charge is 0.507 e. The number of hydrogen-bond acceptors (Lipinski definition) is 7. The predicted molar refractivity (Wildman–Crippen MR) is 161 cm³/mol. The molecule has 0 aliphatic rings. The average Bonchev–Trinajstić information content (AvgIpc) is 3.31. The van der Waals surface area contributed by atoms with E-state index in [1.165, 1.54) is 46.3 Å². The lowest BCUT2D eigenvalue weighted by atomic mass is 9.73. The quantitative estimate of drug-likeness (QED) is 0.127. The fourth-order valence-electron chi connectivity index (χ4n) is 4.76. The van der Waals surface area contributed by atoms with Gasteiger partial charge in [0.15, 0.2) is 5.78 Å². The zero-order chi connectivity index (χ0) is 29.4. The maximum Gasteiger partial charge on any atom is 0.432 e. The molecule has 2 atom stereocenters. The molecule has 40 heavy (non-hydrogen) atoms. The fraction of sp³-hybridized carbons (Fsp3) is 0.500. The number of carbonyl (C=O) groups is 2. The molecule has 1 amide bonds. The standard InChI is InChI=1S/C32H41NO6S/c1-7-8-12-22-13-14-27-23(16-22)17-24(40-27)19-32(4,5)21(3)29(35)28-25(34)18-26(39-30(28)36)20(2)11-9-10-15-33-31(37)38-6/h13-18,20-21,34H,7-12,19H2,1-6H3. The monoisotopic (exact) mass is 567 g/mol. The second-order valence-electron chi connectivity index (χ2n) is 11.2. The number of ketones is 1. The van der Waals surface area contributed by atoms with Crippen LogP contribution in [-0.4, -0.2) is 30.3 Å². The summed E-state index contributed by atoms with van der Waals surface area (Å²) in [7, 11) is 1.27. The van der Waals surface area contributed by atoms with Gasteiger partial charge in [0.25, 0.3) is 0 Å². The minimum Gasteiger partial charge on any atom is -0.507 e. The third kappa shape index (κ3) is 7.90. The van der Waals surface area contributed by atoms with Crippen LogP contribution in [-0.2, 0) is 17.6 Å². The number of amides is 1. The number of unbranched alkanes of at least 4 members (excludes halogenated alkanes) is 2. The zero-order valence-electron chi connectivity index (χ0n) is 24.4. The van der Waals surface area contributed by atoms with E-state index in [-0.39, 0.29) is 17.2 Å². The third-order valence-electron chi connectivity index (χ3n) is 7.67. The van der Waals surface area contributed by atoms with Crippen molar-refractivity contribution in [3.8, 4) is 5.75 Å². The molecule has 1 aromatic carbocycles. The summed E-state index contributed by atoms with van der Waals surface area (Å²) in [5.41, 5.74) is -0.227. The molecule has 0 fully saturated rings. The molecule has 216 valence electrons. The second-order valence-corrected chi connectivity index (χ2v) is 12.4. The van der Waals surface area contributed by atoms with Crippen LogP contribution in [0.5, 0.6) is 5.75 Å². The van der Waals surface area contributed by atoms with Crippen molar-refractivity contribution in [2.45, 2.75) is 85.5 Å². The number of methoxy groups -OCH3 is 1. The number of nitrogens with zero attached hydrogens (tertiary/aromatic N) is 1. The first-order valence-electron chi connectivity index (χ1n) is 14.0. The van der Waals surface area contributed by atoms with Crippen molar-refractivity contribution in [2.75, 3.05) is 7.11 Å². The van der Waals surface area contributed by atoms with Gasteiger partial charge >= 0.3 is 11.7 Å². The fourth-order valence-corrected chi connectivity index (χ4v) is 6.05. The molecule has 0 spiro atoms. The van der Waals surface area contributed by atoms with Gasteiger partial charge in [-0.05, 0) is 67.0 Å². The van der Waals surface area contributed by atoms with Crippen LogP contribution < -0.4 is 5.63 Å². The first-order valence-corrected chi connectivity index (χ1v) is 14.8. The molecule has 0 aliphatic heterocycles. The molecule has 3 rings (SSSR count). The molecule has 0 saturated heterocycles. The summed E-state index contributed by atoms with van der Waals surface area (Å²) in [6.07, 6.45) is 6.80. The summed E-state index contributed by atoms with van der Waals surface area (Å²) in [5.74, 6) is -1.14. The SMILES string of the molecule is CCCCc1ccc2sc(CC(C)(C)C(C)C(=O)c3c(O)cc(C(C)CCCC=NC(=O)OC)oc3=O)cc2c1. The Hall–Kier alpha value is -3.26. The highest BCUT2D eigenvalue weighted by Gasteiger charge is 2.35. The highest BCUT2D eigenvalue weighted by molar-refractivity contribution is 7.19. The van der Waals surface area contributed by atoms with Gasteiger partial charge in [-0.1, -0.05) is 53.2 Å². The molecule has 0 aliphatic carbocycles. The van der Waals surface area contributed by atoms with Gasteiger partial charge in [-0.2, -0.15) is 4.99 Å². The number of aryl methyl sites for hydroxylation is 1. The number of hydrogen-bond donors (Lipinski definition) is 1. The lowest BCUT2D eigenvalue weighted by molar-refractivity contribution is 0.0812. The Morgan fingerprint density at radius 3 is 2.60 bits per heavy atom. The van der Waals surface area contributed by atoms with Crippen molar-refractivity contribution in [3.63, 3.8) is 0 Å². The van der Waals surface area contributed by atoms with Gasteiger partial charge in [0.2, 0.25) is 0 Å². The molecule has 1 N–H and O–H groups in total. The Morgan fingerprint density at radius 1 is 1.18 bits per heavy atom. The van der Waals surface area contributed by atoms with Gasteiger partial charge in [0.05, 0.1) is 7.11 Å². The summed E-state index contributed by atoms with van der Waals surface area (Å²) < 4.78 is 11.2. The molecular weight excluding hydrogens is 526 g/mol. The summed E-state index contributed by atoms with van der Waals surface area (Å²) >= 11 is 1.73.